The molecule has 0 saturated carbocycles. The molecule has 1 atom stereocenters. The summed E-state index contributed by atoms with van der Waals surface area (Å²) in [5.74, 6) is 1.30. The van der Waals surface area contributed by atoms with Crippen LogP contribution in [0, 0.1) is 11.3 Å². The number of rotatable bonds is 4. The minimum absolute atomic E-state index is 0.290. The van der Waals surface area contributed by atoms with E-state index in [1.54, 1.807) is 24.7 Å². The maximum atomic E-state index is 9.04. The SMILES string of the molecule is CC1CNCCN1c1ncc(OCc2ccncc2C#N)cn1. The third-order valence-electron chi connectivity index (χ3n) is 3.80. The third kappa shape index (κ3) is 3.55. The molecule has 2 aromatic heterocycles. The second-order valence-electron chi connectivity index (χ2n) is 5.40. The molecule has 1 saturated heterocycles. The van der Waals surface area contributed by atoms with Gasteiger partial charge in [-0.3, -0.25) is 4.98 Å². The average Bonchev–Trinajstić information content (AvgIpc) is 2.61. The number of nitrogens with zero attached hydrogens (tertiary/aromatic N) is 5. The van der Waals surface area contributed by atoms with E-state index in [0.717, 1.165) is 25.2 Å². The van der Waals surface area contributed by atoms with E-state index >= 15 is 0 Å². The lowest BCUT2D eigenvalue weighted by molar-refractivity contribution is 0.303. The number of pyridine rings is 1. The molecule has 3 heterocycles. The molecule has 7 nitrogen and oxygen atoms in total. The van der Waals surface area contributed by atoms with Crippen LogP contribution >= 0.6 is 0 Å². The maximum absolute atomic E-state index is 9.04. The number of nitrogens with one attached hydrogen (secondary N) is 1. The summed E-state index contributed by atoms with van der Waals surface area (Å²) >= 11 is 0. The summed E-state index contributed by atoms with van der Waals surface area (Å²) in [6.45, 7) is 5.19. The van der Waals surface area contributed by atoms with Gasteiger partial charge in [-0.05, 0) is 13.0 Å². The number of hydrogen-bond donors (Lipinski definition) is 1. The van der Waals surface area contributed by atoms with Gasteiger partial charge < -0.3 is 15.0 Å². The van der Waals surface area contributed by atoms with Gasteiger partial charge in [-0.25, -0.2) is 9.97 Å². The molecule has 0 aliphatic carbocycles. The van der Waals surface area contributed by atoms with E-state index in [4.69, 9.17) is 10.00 Å². The van der Waals surface area contributed by atoms with E-state index < -0.39 is 0 Å². The highest BCUT2D eigenvalue weighted by atomic mass is 16.5. The molecule has 1 N–H and O–H groups in total. The molecule has 0 amide bonds. The predicted octanol–water partition coefficient (Wildman–Crippen LogP) is 1.12. The molecule has 0 aromatic carbocycles. The summed E-state index contributed by atoms with van der Waals surface area (Å²) in [6, 6.07) is 4.24. The van der Waals surface area contributed by atoms with E-state index in [1.165, 1.54) is 6.20 Å². The molecule has 7 heteroatoms. The fraction of sp³-hybridized carbons (Fsp3) is 0.375. The molecule has 2 aromatic rings. The average molecular weight is 310 g/mol. The molecule has 1 unspecified atom stereocenters. The molecule has 1 fully saturated rings. The van der Waals surface area contributed by atoms with Crippen LogP contribution in [0.25, 0.3) is 0 Å². The fourth-order valence-electron chi connectivity index (χ4n) is 2.48. The van der Waals surface area contributed by atoms with Crippen molar-refractivity contribution in [3.8, 4) is 11.8 Å². The van der Waals surface area contributed by atoms with E-state index in [9.17, 15) is 0 Å². The van der Waals surface area contributed by atoms with E-state index in [-0.39, 0.29) is 6.61 Å². The van der Waals surface area contributed by atoms with Gasteiger partial charge >= 0.3 is 0 Å². The zero-order valence-electron chi connectivity index (χ0n) is 12.9. The van der Waals surface area contributed by atoms with Crippen molar-refractivity contribution >= 4 is 5.95 Å². The lowest BCUT2D eigenvalue weighted by atomic mass is 10.2. The zero-order valence-corrected chi connectivity index (χ0v) is 12.9. The Kier molecular flexibility index (Phi) is 4.64. The Morgan fingerprint density at radius 2 is 2.22 bits per heavy atom. The molecule has 3 rings (SSSR count). The van der Waals surface area contributed by atoms with Crippen LogP contribution in [0.5, 0.6) is 5.75 Å². The maximum Gasteiger partial charge on any atom is 0.225 e. The second-order valence-corrected chi connectivity index (χ2v) is 5.40. The summed E-state index contributed by atoms with van der Waals surface area (Å²) in [5.41, 5.74) is 1.31. The van der Waals surface area contributed by atoms with E-state index in [0.29, 0.717) is 23.3 Å². The molecule has 1 aliphatic heterocycles. The van der Waals surface area contributed by atoms with Gasteiger partial charge in [0, 0.05) is 43.6 Å². The summed E-state index contributed by atoms with van der Waals surface area (Å²) in [5, 5.41) is 12.4. The second kappa shape index (κ2) is 7.03. The van der Waals surface area contributed by atoms with Crippen LogP contribution in [0.1, 0.15) is 18.1 Å². The summed E-state index contributed by atoms with van der Waals surface area (Å²) in [7, 11) is 0. The van der Waals surface area contributed by atoms with Crippen LogP contribution in [-0.4, -0.2) is 40.6 Å². The Balaban J connectivity index is 1.65. The van der Waals surface area contributed by atoms with Crippen molar-refractivity contribution in [2.75, 3.05) is 24.5 Å². The molecule has 1 aliphatic rings. The third-order valence-corrected chi connectivity index (χ3v) is 3.80. The standard InChI is InChI=1S/C16H18N6O/c1-12-7-19-4-5-22(12)16-20-9-15(10-21-16)23-11-13-2-3-18-8-14(13)6-17/h2-3,8-10,12,19H,4-5,7,11H2,1H3. The number of aromatic nitrogens is 3. The Labute approximate surface area is 135 Å². The zero-order chi connectivity index (χ0) is 16.1. The van der Waals surface area contributed by atoms with Gasteiger partial charge in [-0.1, -0.05) is 0 Å². The first-order chi connectivity index (χ1) is 11.3. The van der Waals surface area contributed by atoms with Gasteiger partial charge in [0.1, 0.15) is 12.7 Å². The number of piperazine rings is 1. The molecule has 23 heavy (non-hydrogen) atoms. The summed E-state index contributed by atoms with van der Waals surface area (Å²) in [4.78, 5) is 14.9. The van der Waals surface area contributed by atoms with Crippen LogP contribution in [0.15, 0.2) is 30.9 Å². The number of nitriles is 1. The Morgan fingerprint density at radius 3 is 2.96 bits per heavy atom. The largest absolute Gasteiger partial charge is 0.486 e. The molecular formula is C16H18N6O. The van der Waals surface area contributed by atoms with Crippen molar-refractivity contribution in [3.05, 3.63) is 42.0 Å². The van der Waals surface area contributed by atoms with Gasteiger partial charge in [0.25, 0.3) is 0 Å². The van der Waals surface area contributed by atoms with Gasteiger partial charge in [0.2, 0.25) is 5.95 Å². The molecule has 0 radical (unpaired) electrons. The van der Waals surface area contributed by atoms with Crippen LogP contribution in [-0.2, 0) is 6.61 Å². The predicted molar refractivity (Wildman–Crippen MR) is 85.0 cm³/mol. The van der Waals surface area contributed by atoms with Gasteiger partial charge in [0.15, 0.2) is 5.75 Å². The van der Waals surface area contributed by atoms with Crippen molar-refractivity contribution < 1.29 is 4.74 Å². The Hall–Kier alpha value is -2.72. The highest BCUT2D eigenvalue weighted by Gasteiger charge is 2.20. The van der Waals surface area contributed by atoms with Crippen LogP contribution in [0.3, 0.4) is 0 Å². The van der Waals surface area contributed by atoms with E-state index in [2.05, 4.69) is 38.2 Å². The Morgan fingerprint density at radius 1 is 1.39 bits per heavy atom. The van der Waals surface area contributed by atoms with Crippen LogP contribution < -0.4 is 15.0 Å². The normalized spacial score (nSPS) is 17.6. The van der Waals surface area contributed by atoms with Crippen LogP contribution in [0.2, 0.25) is 0 Å². The molecular weight excluding hydrogens is 292 g/mol. The van der Waals surface area contributed by atoms with E-state index in [1.807, 2.05) is 0 Å². The minimum atomic E-state index is 0.290. The minimum Gasteiger partial charge on any atom is -0.486 e. The molecule has 0 spiro atoms. The van der Waals surface area contributed by atoms with Crippen LogP contribution in [0.4, 0.5) is 5.95 Å². The lowest BCUT2D eigenvalue weighted by Crippen LogP contribution is -2.50. The quantitative estimate of drug-likeness (QED) is 0.905. The molecule has 118 valence electrons. The fourth-order valence-corrected chi connectivity index (χ4v) is 2.48. The lowest BCUT2D eigenvalue weighted by Gasteiger charge is -2.33. The van der Waals surface area contributed by atoms with Gasteiger partial charge in [0.05, 0.1) is 18.0 Å². The first kappa shape index (κ1) is 15.2. The van der Waals surface area contributed by atoms with Crippen molar-refractivity contribution in [3.63, 3.8) is 0 Å². The highest BCUT2D eigenvalue weighted by Crippen LogP contribution is 2.17. The summed E-state index contributed by atoms with van der Waals surface area (Å²) in [6.07, 6.45) is 6.52. The van der Waals surface area contributed by atoms with Gasteiger partial charge in [-0.2, -0.15) is 5.26 Å². The number of ether oxygens (including phenoxy) is 1. The van der Waals surface area contributed by atoms with Crippen molar-refractivity contribution in [2.45, 2.75) is 19.6 Å². The number of hydrogen-bond acceptors (Lipinski definition) is 7. The van der Waals surface area contributed by atoms with Crippen molar-refractivity contribution in [1.29, 1.82) is 5.26 Å². The topological polar surface area (TPSA) is 87.0 Å². The number of anilines is 1. The van der Waals surface area contributed by atoms with Crippen molar-refractivity contribution in [1.82, 2.24) is 20.3 Å². The van der Waals surface area contributed by atoms with Crippen molar-refractivity contribution in [2.24, 2.45) is 0 Å². The molecule has 0 bridgehead atoms. The van der Waals surface area contributed by atoms with Gasteiger partial charge in [-0.15, -0.1) is 0 Å². The smallest absolute Gasteiger partial charge is 0.225 e. The monoisotopic (exact) mass is 310 g/mol. The Bertz CT molecular complexity index is 696. The summed E-state index contributed by atoms with van der Waals surface area (Å²) < 4.78 is 5.67. The first-order valence-corrected chi connectivity index (χ1v) is 7.53. The first-order valence-electron chi connectivity index (χ1n) is 7.53. The highest BCUT2D eigenvalue weighted by molar-refractivity contribution is 5.36.